The van der Waals surface area contributed by atoms with Gasteiger partial charge in [-0.3, -0.25) is 19.6 Å². The van der Waals surface area contributed by atoms with E-state index < -0.39 is 11.4 Å². The number of nitrogens with zero attached hydrogens (tertiary/aromatic N) is 2. The summed E-state index contributed by atoms with van der Waals surface area (Å²) in [6.07, 6.45) is 11.5. The molecule has 0 spiro atoms. The van der Waals surface area contributed by atoms with Gasteiger partial charge in [-0.05, 0) is 36.6 Å². The van der Waals surface area contributed by atoms with Crippen molar-refractivity contribution in [3.05, 3.63) is 59.7 Å². The first kappa shape index (κ1) is 18.6. The van der Waals surface area contributed by atoms with Crippen LogP contribution in [0.4, 0.5) is 0 Å². The predicted molar refractivity (Wildman–Crippen MR) is 102 cm³/mol. The minimum absolute atomic E-state index is 0.0542. The summed E-state index contributed by atoms with van der Waals surface area (Å²) in [4.78, 5) is 31.9. The zero-order chi connectivity index (χ0) is 19.1. The van der Waals surface area contributed by atoms with E-state index in [1.165, 1.54) is 6.20 Å². The van der Waals surface area contributed by atoms with Crippen LogP contribution in [0.15, 0.2) is 43.0 Å². The molecule has 0 atom stereocenters. The van der Waals surface area contributed by atoms with Gasteiger partial charge in [-0.25, -0.2) is 0 Å². The van der Waals surface area contributed by atoms with Crippen molar-refractivity contribution in [3.8, 4) is 11.8 Å². The molecule has 2 aromatic rings. The van der Waals surface area contributed by atoms with E-state index in [0.29, 0.717) is 17.5 Å². The van der Waals surface area contributed by atoms with Gasteiger partial charge in [-0.15, -0.1) is 0 Å². The van der Waals surface area contributed by atoms with Gasteiger partial charge in [0.1, 0.15) is 5.54 Å². The highest BCUT2D eigenvalue weighted by atomic mass is 16.2. The molecule has 0 unspecified atom stereocenters. The molecule has 3 N–H and O–H groups in total. The lowest BCUT2D eigenvalue weighted by Gasteiger charge is -2.33. The summed E-state index contributed by atoms with van der Waals surface area (Å²) in [5.74, 6) is 5.73. The number of hydrogen-bond acceptors (Lipinski definition) is 4. The molecule has 0 aliphatic heterocycles. The highest BCUT2D eigenvalue weighted by molar-refractivity contribution is 5.92. The number of pyridine rings is 2. The van der Waals surface area contributed by atoms with Crippen LogP contribution in [0.25, 0.3) is 0 Å². The number of hydrogen-bond donors (Lipinski definition) is 2. The molecule has 1 fully saturated rings. The smallest absolute Gasteiger partial charge is 0.250 e. The number of primary amides is 1. The van der Waals surface area contributed by atoms with Crippen molar-refractivity contribution in [2.45, 2.75) is 44.1 Å². The number of carbonyl (C=O) groups is 2. The minimum Gasteiger partial charge on any atom is -0.366 e. The first-order valence-electron chi connectivity index (χ1n) is 9.04. The summed E-state index contributed by atoms with van der Waals surface area (Å²) in [7, 11) is 0. The van der Waals surface area contributed by atoms with Crippen LogP contribution in [0.2, 0.25) is 0 Å². The molecular formula is C21H22N4O2. The molecule has 0 bridgehead atoms. The van der Waals surface area contributed by atoms with Gasteiger partial charge < -0.3 is 11.1 Å². The molecule has 2 heterocycles. The molecule has 0 saturated heterocycles. The molecule has 138 valence electrons. The molecule has 0 radical (unpaired) electrons. The Labute approximate surface area is 158 Å². The largest absolute Gasteiger partial charge is 0.366 e. The summed E-state index contributed by atoms with van der Waals surface area (Å²) in [6.45, 7) is 0. The average molecular weight is 362 g/mol. The van der Waals surface area contributed by atoms with Gasteiger partial charge in [0, 0.05) is 30.4 Å². The molecule has 1 aliphatic rings. The Balaban J connectivity index is 1.78. The molecule has 6 heteroatoms. The molecule has 2 amide bonds. The average Bonchev–Trinajstić information content (AvgIpc) is 2.68. The van der Waals surface area contributed by atoms with Crippen LogP contribution in [-0.2, 0) is 11.2 Å². The van der Waals surface area contributed by atoms with Crippen molar-refractivity contribution in [3.63, 3.8) is 0 Å². The molecule has 2 aromatic heterocycles. The summed E-state index contributed by atoms with van der Waals surface area (Å²) in [5, 5.41) is 3.14. The Morgan fingerprint density at radius 3 is 2.56 bits per heavy atom. The van der Waals surface area contributed by atoms with E-state index in [4.69, 9.17) is 5.73 Å². The predicted octanol–water partition coefficient (Wildman–Crippen LogP) is 1.99. The fraction of sp³-hybridized carbons (Fsp3) is 0.333. The van der Waals surface area contributed by atoms with Gasteiger partial charge in [0.05, 0.1) is 12.0 Å². The standard InChI is InChI=1S/C21H22N4O2/c22-20(27)18-12-17(14-24-15-18)4-9-21(7-2-1-3-8-21)25-19(26)13-16-5-10-23-11-6-16/h5-6,10-12,14-15H,1-3,7-8,13H2,(H2,22,27)(H,25,26). The second-order valence-corrected chi connectivity index (χ2v) is 6.80. The van der Waals surface area contributed by atoms with Crippen molar-refractivity contribution >= 4 is 11.8 Å². The third kappa shape index (κ3) is 5.14. The SMILES string of the molecule is NC(=O)c1cncc(C#CC2(NC(=O)Cc3ccncc3)CCCCC2)c1. The first-order chi connectivity index (χ1) is 13.1. The van der Waals surface area contributed by atoms with E-state index >= 15 is 0 Å². The molecule has 1 aliphatic carbocycles. The second kappa shape index (κ2) is 8.45. The second-order valence-electron chi connectivity index (χ2n) is 6.80. The quantitative estimate of drug-likeness (QED) is 0.813. The van der Waals surface area contributed by atoms with Crippen LogP contribution in [-0.4, -0.2) is 27.3 Å². The zero-order valence-electron chi connectivity index (χ0n) is 15.1. The number of aromatic nitrogens is 2. The van der Waals surface area contributed by atoms with E-state index in [1.54, 1.807) is 24.7 Å². The maximum absolute atomic E-state index is 12.6. The maximum Gasteiger partial charge on any atom is 0.250 e. The monoisotopic (exact) mass is 362 g/mol. The number of carbonyl (C=O) groups excluding carboxylic acids is 2. The van der Waals surface area contributed by atoms with Crippen LogP contribution >= 0.6 is 0 Å². The Kier molecular flexibility index (Phi) is 5.82. The number of nitrogens with one attached hydrogen (secondary N) is 1. The Bertz CT molecular complexity index is 878. The lowest BCUT2D eigenvalue weighted by molar-refractivity contribution is -0.122. The van der Waals surface area contributed by atoms with E-state index in [-0.39, 0.29) is 5.91 Å². The van der Waals surface area contributed by atoms with Crippen molar-refractivity contribution in [2.75, 3.05) is 0 Å². The van der Waals surface area contributed by atoms with Gasteiger partial charge in [0.15, 0.2) is 0 Å². The van der Waals surface area contributed by atoms with Gasteiger partial charge in [0.25, 0.3) is 0 Å². The van der Waals surface area contributed by atoms with E-state index in [0.717, 1.165) is 37.7 Å². The Morgan fingerprint density at radius 1 is 1.11 bits per heavy atom. The maximum atomic E-state index is 12.6. The van der Waals surface area contributed by atoms with Crippen molar-refractivity contribution < 1.29 is 9.59 Å². The third-order valence-electron chi connectivity index (χ3n) is 4.67. The third-order valence-corrected chi connectivity index (χ3v) is 4.67. The van der Waals surface area contributed by atoms with Gasteiger partial charge in [-0.1, -0.05) is 31.1 Å². The number of nitrogens with two attached hydrogens (primary N) is 1. The minimum atomic E-state index is -0.551. The molecule has 6 nitrogen and oxygen atoms in total. The summed E-state index contributed by atoms with van der Waals surface area (Å²) in [5.41, 5.74) is 6.60. The normalized spacial score (nSPS) is 15.3. The fourth-order valence-electron chi connectivity index (χ4n) is 3.27. The van der Waals surface area contributed by atoms with Crippen LogP contribution in [0.3, 0.4) is 0 Å². The fourth-order valence-corrected chi connectivity index (χ4v) is 3.27. The van der Waals surface area contributed by atoms with E-state index in [9.17, 15) is 9.59 Å². The van der Waals surface area contributed by atoms with Crippen molar-refractivity contribution in [1.29, 1.82) is 0 Å². The summed E-state index contributed by atoms with van der Waals surface area (Å²) < 4.78 is 0. The zero-order valence-corrected chi connectivity index (χ0v) is 15.1. The first-order valence-corrected chi connectivity index (χ1v) is 9.04. The van der Waals surface area contributed by atoms with Crippen LogP contribution in [0.5, 0.6) is 0 Å². The summed E-state index contributed by atoms with van der Waals surface area (Å²) in [6, 6.07) is 5.29. The lowest BCUT2D eigenvalue weighted by atomic mass is 9.81. The lowest BCUT2D eigenvalue weighted by Crippen LogP contribution is -2.49. The van der Waals surface area contributed by atoms with Gasteiger partial charge >= 0.3 is 0 Å². The van der Waals surface area contributed by atoms with Crippen LogP contribution < -0.4 is 11.1 Å². The molecule has 3 rings (SSSR count). The molecular weight excluding hydrogens is 340 g/mol. The molecule has 1 saturated carbocycles. The molecule has 27 heavy (non-hydrogen) atoms. The van der Waals surface area contributed by atoms with E-state index in [2.05, 4.69) is 27.1 Å². The van der Waals surface area contributed by atoms with Gasteiger partial charge in [-0.2, -0.15) is 0 Å². The van der Waals surface area contributed by atoms with Crippen LogP contribution in [0.1, 0.15) is 53.6 Å². The van der Waals surface area contributed by atoms with Gasteiger partial charge in [0.2, 0.25) is 11.8 Å². The van der Waals surface area contributed by atoms with E-state index in [1.807, 2.05) is 12.1 Å². The highest BCUT2D eigenvalue weighted by Crippen LogP contribution is 2.28. The number of rotatable bonds is 4. The van der Waals surface area contributed by atoms with Crippen molar-refractivity contribution in [1.82, 2.24) is 15.3 Å². The molecule has 0 aromatic carbocycles. The van der Waals surface area contributed by atoms with Crippen molar-refractivity contribution in [2.24, 2.45) is 5.73 Å². The van der Waals surface area contributed by atoms with Crippen LogP contribution in [0, 0.1) is 11.8 Å². The number of amides is 2. The summed E-state index contributed by atoms with van der Waals surface area (Å²) >= 11 is 0. The Hall–Kier alpha value is -3.20. The highest BCUT2D eigenvalue weighted by Gasteiger charge is 2.31. The topological polar surface area (TPSA) is 98.0 Å². The Morgan fingerprint density at radius 2 is 1.85 bits per heavy atom.